The van der Waals surface area contributed by atoms with E-state index in [2.05, 4.69) is 10.5 Å². The average molecular weight is 404 g/mol. The van der Waals surface area contributed by atoms with E-state index in [1.54, 1.807) is 7.05 Å². The van der Waals surface area contributed by atoms with Crippen molar-refractivity contribution in [3.8, 4) is 0 Å². The molecule has 7 heteroatoms. The number of rotatable bonds is 8. The Morgan fingerprint density at radius 2 is 1.63 bits per heavy atom. The van der Waals surface area contributed by atoms with E-state index < -0.39 is 11.2 Å². The predicted molar refractivity (Wildman–Crippen MR) is 120 cm³/mol. The van der Waals surface area contributed by atoms with Gasteiger partial charge < -0.3 is 10.2 Å². The average Bonchev–Trinajstić information content (AvgIpc) is 2.78. The lowest BCUT2D eigenvalue weighted by Gasteiger charge is -2.13. The lowest BCUT2D eigenvalue weighted by molar-refractivity contribution is 0.132. The molecule has 0 bridgehead atoms. The molecule has 1 aromatic heterocycles. The number of nitrogens with zero attached hydrogens (tertiary/aromatic N) is 3. The quantitative estimate of drug-likeness (QED) is 0.463. The van der Waals surface area contributed by atoms with Crippen LogP contribution in [0.4, 0.5) is 5.82 Å². The minimum Gasteiger partial charge on any atom is -0.391 e. The molecule has 0 aliphatic carbocycles. The van der Waals surface area contributed by atoms with E-state index >= 15 is 0 Å². The second-order valence-electron chi connectivity index (χ2n) is 6.66. The third-order valence-electron chi connectivity index (χ3n) is 4.53. The fourth-order valence-electron chi connectivity index (χ4n) is 2.89. The van der Waals surface area contributed by atoms with Crippen LogP contribution in [-0.2, 0) is 25.5 Å². The molecule has 7 nitrogen and oxygen atoms in total. The summed E-state index contributed by atoms with van der Waals surface area (Å²) in [5, 5.41) is 7.07. The molecule has 0 aliphatic rings. The standard InChI is InChI=1S/C23H24N4O3/c1-26-21(24-15-9-14-18-10-5-3-6-11-18)20(22(28)27(2)23(26)29)16-25-30-17-19-12-7-4-8-13-19/h3-14,16,24H,15,17H2,1-2H3/b14-9?,25-16+. The van der Waals surface area contributed by atoms with Crippen LogP contribution >= 0.6 is 0 Å². The van der Waals surface area contributed by atoms with Crippen LogP contribution in [0.1, 0.15) is 16.7 Å². The van der Waals surface area contributed by atoms with Gasteiger partial charge in [-0.3, -0.25) is 13.9 Å². The molecule has 1 heterocycles. The summed E-state index contributed by atoms with van der Waals surface area (Å²) in [5.41, 5.74) is 1.41. The van der Waals surface area contributed by atoms with Gasteiger partial charge in [0.25, 0.3) is 5.56 Å². The van der Waals surface area contributed by atoms with Crippen LogP contribution in [0.5, 0.6) is 0 Å². The minimum atomic E-state index is -0.445. The first-order valence-corrected chi connectivity index (χ1v) is 9.52. The van der Waals surface area contributed by atoms with Crippen molar-refractivity contribution in [1.82, 2.24) is 9.13 Å². The molecule has 0 fully saturated rings. The van der Waals surface area contributed by atoms with Crippen LogP contribution in [0, 0.1) is 0 Å². The summed E-state index contributed by atoms with van der Waals surface area (Å²) >= 11 is 0. The Bertz CT molecular complexity index is 1150. The van der Waals surface area contributed by atoms with E-state index in [4.69, 9.17) is 4.84 Å². The summed E-state index contributed by atoms with van der Waals surface area (Å²) in [4.78, 5) is 30.3. The van der Waals surface area contributed by atoms with Gasteiger partial charge in [0.05, 0.1) is 6.21 Å². The topological polar surface area (TPSA) is 77.6 Å². The van der Waals surface area contributed by atoms with Gasteiger partial charge in [-0.05, 0) is 11.1 Å². The third-order valence-corrected chi connectivity index (χ3v) is 4.53. The van der Waals surface area contributed by atoms with Crippen LogP contribution < -0.4 is 16.6 Å². The molecular weight excluding hydrogens is 380 g/mol. The lowest BCUT2D eigenvalue weighted by Crippen LogP contribution is -2.40. The van der Waals surface area contributed by atoms with Crippen molar-refractivity contribution >= 4 is 18.1 Å². The molecule has 0 saturated carbocycles. The zero-order chi connectivity index (χ0) is 21.3. The maximum absolute atomic E-state index is 12.6. The number of hydrogen-bond acceptors (Lipinski definition) is 5. The van der Waals surface area contributed by atoms with Crippen molar-refractivity contribution in [3.05, 3.63) is 104 Å². The van der Waals surface area contributed by atoms with Gasteiger partial charge in [-0.2, -0.15) is 0 Å². The highest BCUT2D eigenvalue weighted by Crippen LogP contribution is 2.08. The Kier molecular flexibility index (Phi) is 7.00. The Hall–Kier alpha value is -3.87. The molecule has 0 spiro atoms. The second-order valence-corrected chi connectivity index (χ2v) is 6.66. The van der Waals surface area contributed by atoms with Crippen LogP contribution in [0.2, 0.25) is 0 Å². The van der Waals surface area contributed by atoms with Crippen LogP contribution in [0.15, 0.2) is 81.5 Å². The molecule has 0 aliphatic heterocycles. The molecule has 3 rings (SSSR count). The maximum atomic E-state index is 12.6. The normalized spacial score (nSPS) is 11.3. The molecule has 0 unspecified atom stereocenters. The summed E-state index contributed by atoms with van der Waals surface area (Å²) in [6, 6.07) is 19.5. The minimum absolute atomic E-state index is 0.251. The molecular formula is C23H24N4O3. The summed E-state index contributed by atoms with van der Waals surface area (Å²) in [5.74, 6) is 0.382. The maximum Gasteiger partial charge on any atom is 0.332 e. The van der Waals surface area contributed by atoms with Gasteiger partial charge in [-0.25, -0.2) is 4.79 Å². The number of anilines is 1. The Morgan fingerprint density at radius 1 is 0.967 bits per heavy atom. The highest BCUT2D eigenvalue weighted by Gasteiger charge is 2.13. The number of oxime groups is 1. The van der Waals surface area contributed by atoms with Crippen molar-refractivity contribution < 1.29 is 4.84 Å². The van der Waals surface area contributed by atoms with E-state index in [9.17, 15) is 9.59 Å². The van der Waals surface area contributed by atoms with Gasteiger partial charge in [-0.1, -0.05) is 78.0 Å². The summed E-state index contributed by atoms with van der Waals surface area (Å²) in [6.45, 7) is 0.715. The smallest absolute Gasteiger partial charge is 0.332 e. The highest BCUT2D eigenvalue weighted by atomic mass is 16.6. The first-order chi connectivity index (χ1) is 14.6. The SMILES string of the molecule is Cn1c(NCC=Cc2ccccc2)c(/C=N/OCc2ccccc2)c(=O)n(C)c1=O. The fourth-order valence-corrected chi connectivity index (χ4v) is 2.89. The van der Waals surface area contributed by atoms with Gasteiger partial charge >= 0.3 is 5.69 Å². The van der Waals surface area contributed by atoms with E-state index in [1.807, 2.05) is 72.8 Å². The van der Waals surface area contributed by atoms with Gasteiger partial charge in [-0.15, -0.1) is 0 Å². The second kappa shape index (κ2) is 10.1. The molecule has 1 N–H and O–H groups in total. The van der Waals surface area contributed by atoms with E-state index in [-0.39, 0.29) is 12.2 Å². The summed E-state index contributed by atoms with van der Waals surface area (Å²) < 4.78 is 2.43. The molecule has 3 aromatic rings. The van der Waals surface area contributed by atoms with Crippen molar-refractivity contribution in [3.63, 3.8) is 0 Å². The largest absolute Gasteiger partial charge is 0.391 e. The van der Waals surface area contributed by atoms with E-state index in [0.717, 1.165) is 15.7 Å². The van der Waals surface area contributed by atoms with Crippen LogP contribution in [0.3, 0.4) is 0 Å². The molecule has 0 amide bonds. The van der Waals surface area contributed by atoms with Gasteiger partial charge in [0.2, 0.25) is 0 Å². The van der Waals surface area contributed by atoms with E-state index in [0.29, 0.717) is 12.4 Å². The fraction of sp³-hybridized carbons (Fsp3) is 0.174. The zero-order valence-electron chi connectivity index (χ0n) is 17.0. The van der Waals surface area contributed by atoms with Gasteiger partial charge in [0.1, 0.15) is 18.0 Å². The Labute approximate surface area is 174 Å². The number of nitrogens with one attached hydrogen (secondary N) is 1. The van der Waals surface area contributed by atoms with Crippen molar-refractivity contribution in [1.29, 1.82) is 0 Å². The monoisotopic (exact) mass is 404 g/mol. The van der Waals surface area contributed by atoms with Crippen molar-refractivity contribution in [2.75, 3.05) is 11.9 Å². The lowest BCUT2D eigenvalue weighted by atomic mass is 10.2. The number of hydrogen-bond donors (Lipinski definition) is 1. The Balaban J connectivity index is 1.77. The molecule has 2 aromatic carbocycles. The first-order valence-electron chi connectivity index (χ1n) is 9.52. The zero-order valence-corrected chi connectivity index (χ0v) is 17.0. The third kappa shape index (κ3) is 5.14. The summed E-state index contributed by atoms with van der Waals surface area (Å²) in [7, 11) is 3.04. The van der Waals surface area contributed by atoms with E-state index in [1.165, 1.54) is 17.8 Å². The molecule has 0 radical (unpaired) electrons. The van der Waals surface area contributed by atoms with Crippen molar-refractivity contribution in [2.45, 2.75) is 6.61 Å². The van der Waals surface area contributed by atoms with Crippen LogP contribution in [-0.4, -0.2) is 21.9 Å². The highest BCUT2D eigenvalue weighted by molar-refractivity contribution is 5.85. The first kappa shape index (κ1) is 20.9. The van der Waals surface area contributed by atoms with Gasteiger partial charge in [0.15, 0.2) is 0 Å². The number of aromatic nitrogens is 2. The molecule has 30 heavy (non-hydrogen) atoms. The molecule has 0 atom stereocenters. The Morgan fingerprint density at radius 3 is 2.33 bits per heavy atom. The number of benzene rings is 2. The van der Waals surface area contributed by atoms with Crippen LogP contribution in [0.25, 0.3) is 6.08 Å². The van der Waals surface area contributed by atoms with Gasteiger partial charge in [0, 0.05) is 20.6 Å². The molecule has 0 saturated heterocycles. The molecule has 154 valence electrons. The van der Waals surface area contributed by atoms with Crippen molar-refractivity contribution in [2.24, 2.45) is 19.3 Å². The predicted octanol–water partition coefficient (Wildman–Crippen LogP) is 2.76. The summed E-state index contributed by atoms with van der Waals surface area (Å²) in [6.07, 6.45) is 5.22.